The Hall–Kier alpha value is 0.890. The second-order valence-corrected chi connectivity index (χ2v) is 2.27. The van der Waals surface area contributed by atoms with E-state index < -0.39 is 0 Å². The smallest absolute Gasteiger partial charge is 0.156 e. The topological polar surface area (TPSA) is 9.23 Å². The van der Waals surface area contributed by atoms with E-state index in [1.807, 2.05) is 0 Å². The van der Waals surface area contributed by atoms with Crippen LogP contribution in [0.2, 0.25) is 0 Å². The zero-order valence-electron chi connectivity index (χ0n) is 6.44. The molecule has 0 bridgehead atoms. The van der Waals surface area contributed by atoms with Crippen LogP contribution in [0.4, 0.5) is 0 Å². The third-order valence-corrected chi connectivity index (χ3v) is 0.921. The van der Waals surface area contributed by atoms with Gasteiger partial charge in [0.05, 0.1) is 6.61 Å². The number of rotatable bonds is 3. The van der Waals surface area contributed by atoms with Crippen molar-refractivity contribution in [2.45, 2.75) is 26.7 Å². The van der Waals surface area contributed by atoms with Crippen molar-refractivity contribution in [2.75, 3.05) is 6.61 Å². The molecule has 0 fully saturated rings. The Labute approximate surface area is 84.4 Å². The van der Waals surface area contributed by atoms with Gasteiger partial charge >= 0.3 is 0 Å². The van der Waals surface area contributed by atoms with Crippen molar-refractivity contribution in [3.05, 3.63) is 0 Å². The Morgan fingerprint density at radius 2 is 2.11 bits per heavy atom. The molecule has 0 aliphatic carbocycles. The van der Waals surface area contributed by atoms with E-state index in [2.05, 4.69) is 19.1 Å². The fourth-order valence-electron chi connectivity index (χ4n) is 0.360. The summed E-state index contributed by atoms with van der Waals surface area (Å²) in [7, 11) is 0. The van der Waals surface area contributed by atoms with E-state index in [1.54, 1.807) is 6.92 Å². The van der Waals surface area contributed by atoms with Crippen LogP contribution < -0.4 is 0 Å². The second-order valence-electron chi connectivity index (χ2n) is 1.69. The molecule has 0 heterocycles. The SMILES string of the molecule is CCCCOC(C)=S.[Na]. The normalized spacial score (nSPS) is 7.78. The van der Waals surface area contributed by atoms with Crippen LogP contribution in [0.3, 0.4) is 0 Å². The number of ether oxygens (including phenoxy) is 1. The summed E-state index contributed by atoms with van der Waals surface area (Å²) in [6, 6.07) is 0. The molecule has 1 radical (unpaired) electrons. The van der Waals surface area contributed by atoms with Gasteiger partial charge in [0.2, 0.25) is 0 Å². The zero-order valence-corrected chi connectivity index (χ0v) is 9.25. The van der Waals surface area contributed by atoms with Crippen molar-refractivity contribution in [1.29, 1.82) is 0 Å². The quantitative estimate of drug-likeness (QED) is 0.349. The fraction of sp³-hybridized carbons (Fsp3) is 0.833. The number of hydrogen-bond acceptors (Lipinski definition) is 2. The van der Waals surface area contributed by atoms with Crippen LogP contribution in [-0.2, 0) is 4.74 Å². The number of unbranched alkanes of at least 4 members (excludes halogenated alkanes) is 1. The molecule has 0 amide bonds. The number of thiocarbonyl (C=S) groups is 1. The molecular formula is C6H12NaOS. The van der Waals surface area contributed by atoms with Crippen LogP contribution in [0.25, 0.3) is 0 Å². The first kappa shape index (κ1) is 12.6. The van der Waals surface area contributed by atoms with Crippen LogP contribution in [-0.4, -0.2) is 41.2 Å². The summed E-state index contributed by atoms with van der Waals surface area (Å²) < 4.78 is 5.01. The standard InChI is InChI=1S/C6H12OS.Na/c1-3-4-5-7-6(2)8;/h3-5H2,1-2H3;. The first-order valence-corrected chi connectivity index (χ1v) is 3.31. The molecule has 0 rings (SSSR count). The molecule has 0 unspecified atom stereocenters. The Kier molecular flexibility index (Phi) is 12.4. The summed E-state index contributed by atoms with van der Waals surface area (Å²) >= 11 is 4.69. The van der Waals surface area contributed by atoms with E-state index in [9.17, 15) is 0 Å². The summed E-state index contributed by atoms with van der Waals surface area (Å²) in [5, 5.41) is 0.651. The summed E-state index contributed by atoms with van der Waals surface area (Å²) in [6.07, 6.45) is 2.27. The molecule has 0 aromatic carbocycles. The molecular weight excluding hydrogens is 143 g/mol. The van der Waals surface area contributed by atoms with Crippen molar-refractivity contribution >= 4 is 46.8 Å². The maximum Gasteiger partial charge on any atom is 0.156 e. The van der Waals surface area contributed by atoms with Gasteiger partial charge in [-0.25, -0.2) is 0 Å². The second kappa shape index (κ2) is 8.89. The average Bonchev–Trinajstić information content (AvgIpc) is 1.66. The largest absolute Gasteiger partial charge is 0.487 e. The zero-order chi connectivity index (χ0) is 6.41. The molecule has 9 heavy (non-hydrogen) atoms. The van der Waals surface area contributed by atoms with Gasteiger partial charge in [-0.1, -0.05) is 13.3 Å². The van der Waals surface area contributed by atoms with E-state index in [0.29, 0.717) is 5.05 Å². The van der Waals surface area contributed by atoms with E-state index in [4.69, 9.17) is 4.74 Å². The van der Waals surface area contributed by atoms with Gasteiger partial charge in [-0.15, -0.1) is 0 Å². The van der Waals surface area contributed by atoms with Gasteiger partial charge in [0, 0.05) is 36.5 Å². The first-order chi connectivity index (χ1) is 3.77. The summed E-state index contributed by atoms with van der Waals surface area (Å²) in [5.74, 6) is 0. The maximum absolute atomic E-state index is 5.01. The molecule has 0 aromatic heterocycles. The van der Waals surface area contributed by atoms with Crippen LogP contribution >= 0.6 is 12.2 Å². The van der Waals surface area contributed by atoms with E-state index >= 15 is 0 Å². The minimum atomic E-state index is 0. The average molecular weight is 155 g/mol. The van der Waals surface area contributed by atoms with Crippen molar-refractivity contribution in [3.8, 4) is 0 Å². The Morgan fingerprint density at radius 1 is 1.56 bits per heavy atom. The Morgan fingerprint density at radius 3 is 2.44 bits per heavy atom. The van der Waals surface area contributed by atoms with Gasteiger partial charge in [0.15, 0.2) is 5.05 Å². The van der Waals surface area contributed by atoms with E-state index in [-0.39, 0.29) is 29.6 Å². The first-order valence-electron chi connectivity index (χ1n) is 2.90. The monoisotopic (exact) mass is 155 g/mol. The third-order valence-electron chi connectivity index (χ3n) is 0.803. The molecule has 0 spiro atoms. The Bertz CT molecular complexity index is 75.5. The maximum atomic E-state index is 5.01. The van der Waals surface area contributed by atoms with Crippen LogP contribution in [0.1, 0.15) is 26.7 Å². The minimum absolute atomic E-state index is 0. The van der Waals surface area contributed by atoms with Crippen LogP contribution in [0.15, 0.2) is 0 Å². The van der Waals surface area contributed by atoms with Crippen LogP contribution in [0.5, 0.6) is 0 Å². The third kappa shape index (κ3) is 12.2. The molecule has 0 N–H and O–H groups in total. The molecule has 0 saturated heterocycles. The molecule has 0 saturated carbocycles. The molecule has 0 aromatic rings. The molecule has 49 valence electrons. The van der Waals surface area contributed by atoms with Gasteiger partial charge < -0.3 is 4.74 Å². The van der Waals surface area contributed by atoms with Gasteiger partial charge in [0.1, 0.15) is 0 Å². The van der Waals surface area contributed by atoms with Gasteiger partial charge in [-0.3, -0.25) is 0 Å². The van der Waals surface area contributed by atoms with Crippen molar-refractivity contribution in [1.82, 2.24) is 0 Å². The number of hydrogen-bond donors (Lipinski definition) is 0. The van der Waals surface area contributed by atoms with Gasteiger partial charge in [-0.05, 0) is 18.6 Å². The van der Waals surface area contributed by atoms with E-state index in [0.717, 1.165) is 13.0 Å². The molecule has 3 heteroatoms. The predicted molar refractivity (Wildman–Crippen MR) is 44.9 cm³/mol. The van der Waals surface area contributed by atoms with Gasteiger partial charge in [0.25, 0.3) is 0 Å². The van der Waals surface area contributed by atoms with E-state index in [1.165, 1.54) is 6.42 Å². The van der Waals surface area contributed by atoms with Crippen molar-refractivity contribution < 1.29 is 4.74 Å². The molecule has 0 aliphatic rings. The Balaban J connectivity index is 0. The summed E-state index contributed by atoms with van der Waals surface area (Å²) in [4.78, 5) is 0. The minimum Gasteiger partial charge on any atom is -0.487 e. The molecule has 0 aliphatic heterocycles. The summed E-state index contributed by atoms with van der Waals surface area (Å²) in [6.45, 7) is 4.71. The molecule has 0 atom stereocenters. The summed E-state index contributed by atoms with van der Waals surface area (Å²) in [5.41, 5.74) is 0. The fourth-order valence-corrected chi connectivity index (χ4v) is 0.444. The van der Waals surface area contributed by atoms with Gasteiger partial charge in [-0.2, -0.15) is 0 Å². The predicted octanol–water partition coefficient (Wildman–Crippen LogP) is 1.77. The van der Waals surface area contributed by atoms with Crippen LogP contribution in [0, 0.1) is 0 Å². The van der Waals surface area contributed by atoms with Crippen molar-refractivity contribution in [3.63, 3.8) is 0 Å². The molecule has 1 nitrogen and oxygen atoms in total. The van der Waals surface area contributed by atoms with Crippen molar-refractivity contribution in [2.24, 2.45) is 0 Å².